The van der Waals surface area contributed by atoms with E-state index in [0.717, 1.165) is 12.0 Å². The Morgan fingerprint density at radius 1 is 1.14 bits per heavy atom. The van der Waals surface area contributed by atoms with Gasteiger partial charge in [0.1, 0.15) is 5.82 Å². The average Bonchev–Trinajstić information content (AvgIpc) is 3.04. The van der Waals surface area contributed by atoms with E-state index in [1.807, 2.05) is 13.0 Å². The highest BCUT2D eigenvalue weighted by Gasteiger charge is 2.66. The molecule has 6 heteroatoms. The van der Waals surface area contributed by atoms with Crippen molar-refractivity contribution in [2.45, 2.75) is 23.0 Å². The van der Waals surface area contributed by atoms with Gasteiger partial charge in [0.25, 0.3) is 0 Å². The minimum Gasteiger partial charge on any atom is -0.274 e. The average molecular weight is 414 g/mol. The first-order chi connectivity index (χ1) is 10.0. The van der Waals surface area contributed by atoms with Crippen molar-refractivity contribution in [3.05, 3.63) is 23.9 Å². The molecule has 2 saturated carbocycles. The largest absolute Gasteiger partial charge is 0.274 e. The standard InChI is InChI=1S/C15H14Br2N2O2/c1-6-2-3-18-9(4-6)19-14(20)10-7-5-8(11(10)15(19)21)13(17)12(7)16/h2-4,7-8,10-13H,5H2,1H3/t7-,8-,10-,11-,12-,13+/m1/s1. The van der Waals surface area contributed by atoms with Crippen LogP contribution >= 0.6 is 31.9 Å². The molecule has 2 amide bonds. The van der Waals surface area contributed by atoms with Crippen molar-refractivity contribution < 1.29 is 9.59 Å². The Bertz CT molecular complexity index is 618. The van der Waals surface area contributed by atoms with Crippen LogP contribution in [0.1, 0.15) is 12.0 Å². The molecule has 0 radical (unpaired) electrons. The highest BCUT2D eigenvalue weighted by Crippen LogP contribution is 2.60. The number of rotatable bonds is 1. The Hall–Kier alpha value is -0.750. The van der Waals surface area contributed by atoms with Crippen LogP contribution in [-0.2, 0) is 9.59 Å². The molecule has 0 aromatic carbocycles. The molecule has 2 aliphatic carbocycles. The molecule has 2 bridgehead atoms. The Morgan fingerprint density at radius 2 is 1.71 bits per heavy atom. The van der Waals surface area contributed by atoms with Gasteiger partial charge in [0.2, 0.25) is 11.8 Å². The molecule has 0 spiro atoms. The smallest absolute Gasteiger partial charge is 0.239 e. The fraction of sp³-hybridized carbons (Fsp3) is 0.533. The third-order valence-corrected chi connectivity index (χ3v) is 8.32. The van der Waals surface area contributed by atoms with Gasteiger partial charge in [-0.15, -0.1) is 0 Å². The van der Waals surface area contributed by atoms with Gasteiger partial charge in [-0.3, -0.25) is 9.59 Å². The van der Waals surface area contributed by atoms with Crippen LogP contribution in [0.15, 0.2) is 18.3 Å². The number of hydrogen-bond donors (Lipinski definition) is 0. The van der Waals surface area contributed by atoms with Crippen LogP contribution in [0, 0.1) is 30.6 Å². The van der Waals surface area contributed by atoms with Gasteiger partial charge in [-0.05, 0) is 42.9 Å². The lowest BCUT2D eigenvalue weighted by molar-refractivity contribution is -0.123. The topological polar surface area (TPSA) is 50.3 Å². The molecule has 0 N–H and O–H groups in total. The number of hydrogen-bond acceptors (Lipinski definition) is 3. The van der Waals surface area contributed by atoms with E-state index in [1.165, 1.54) is 4.90 Å². The van der Waals surface area contributed by atoms with Crippen LogP contribution < -0.4 is 4.90 Å². The molecule has 6 atom stereocenters. The summed E-state index contributed by atoms with van der Waals surface area (Å²) in [7, 11) is 0. The maximum atomic E-state index is 12.8. The fourth-order valence-electron chi connectivity index (χ4n) is 4.22. The Balaban J connectivity index is 1.75. The second-order valence-electron chi connectivity index (χ2n) is 6.21. The number of nitrogens with zero attached hydrogens (tertiary/aromatic N) is 2. The highest BCUT2D eigenvalue weighted by atomic mass is 79.9. The minimum atomic E-state index is -0.178. The van der Waals surface area contributed by atoms with Gasteiger partial charge in [0, 0.05) is 15.9 Å². The fourth-order valence-corrected chi connectivity index (χ4v) is 6.09. The Kier molecular flexibility index (Phi) is 3.05. The predicted octanol–water partition coefficient (Wildman–Crippen LogP) is 2.67. The third-order valence-electron chi connectivity index (χ3n) is 5.12. The number of imide groups is 1. The SMILES string of the molecule is Cc1ccnc(N2C(=O)[C@@H]3[C@H]4C[C@@H]([C@@H](Br)[C@H]4Br)[C@H]3C2=O)c1. The highest BCUT2D eigenvalue weighted by molar-refractivity contribution is 9.12. The summed E-state index contributed by atoms with van der Waals surface area (Å²) in [5, 5.41) is 0. The number of amides is 2. The van der Waals surface area contributed by atoms with Crippen LogP contribution in [-0.4, -0.2) is 26.5 Å². The zero-order valence-corrected chi connectivity index (χ0v) is 14.5. The van der Waals surface area contributed by atoms with Crippen molar-refractivity contribution in [2.75, 3.05) is 4.90 Å². The number of carbonyl (C=O) groups is 2. The molecule has 0 unspecified atom stereocenters. The molecule has 4 nitrogen and oxygen atoms in total. The minimum absolute atomic E-state index is 0.0700. The predicted molar refractivity (Wildman–Crippen MR) is 85.5 cm³/mol. The summed E-state index contributed by atoms with van der Waals surface area (Å²) in [6.45, 7) is 1.93. The third kappa shape index (κ3) is 1.75. The van der Waals surface area contributed by atoms with E-state index >= 15 is 0 Å². The maximum absolute atomic E-state index is 12.8. The number of fused-ring (bicyclic) bond motifs is 5. The molecule has 3 aliphatic rings. The number of carbonyl (C=O) groups excluding carboxylic acids is 2. The van der Waals surface area contributed by atoms with Gasteiger partial charge in [0.15, 0.2) is 0 Å². The molecular formula is C15H14Br2N2O2. The van der Waals surface area contributed by atoms with Crippen molar-refractivity contribution in [1.29, 1.82) is 0 Å². The van der Waals surface area contributed by atoms with Crippen LogP contribution in [0.3, 0.4) is 0 Å². The molecule has 110 valence electrons. The van der Waals surface area contributed by atoms with Crippen LogP contribution in [0.4, 0.5) is 5.82 Å². The lowest BCUT2D eigenvalue weighted by Crippen LogP contribution is -2.37. The van der Waals surface area contributed by atoms with Gasteiger partial charge in [0.05, 0.1) is 11.8 Å². The Labute approximate surface area is 139 Å². The zero-order valence-electron chi connectivity index (χ0n) is 11.4. The molecule has 2 heterocycles. The summed E-state index contributed by atoms with van der Waals surface area (Å²) in [6, 6.07) is 3.66. The van der Waals surface area contributed by atoms with E-state index in [4.69, 9.17) is 0 Å². The molecule has 3 fully saturated rings. The van der Waals surface area contributed by atoms with Gasteiger partial charge < -0.3 is 0 Å². The van der Waals surface area contributed by atoms with E-state index in [1.54, 1.807) is 12.3 Å². The van der Waals surface area contributed by atoms with E-state index < -0.39 is 0 Å². The maximum Gasteiger partial charge on any atom is 0.239 e. The molecular weight excluding hydrogens is 400 g/mol. The van der Waals surface area contributed by atoms with Crippen LogP contribution in [0.2, 0.25) is 0 Å². The number of pyridine rings is 1. The summed E-state index contributed by atoms with van der Waals surface area (Å²) >= 11 is 7.38. The second kappa shape index (κ2) is 4.62. The van der Waals surface area contributed by atoms with E-state index in [9.17, 15) is 9.59 Å². The van der Waals surface area contributed by atoms with E-state index in [2.05, 4.69) is 36.8 Å². The van der Waals surface area contributed by atoms with Gasteiger partial charge in [-0.1, -0.05) is 31.9 Å². The molecule has 1 aromatic rings. The monoisotopic (exact) mass is 412 g/mol. The van der Waals surface area contributed by atoms with Crippen molar-refractivity contribution >= 4 is 49.5 Å². The number of aryl methyl sites for hydroxylation is 1. The molecule has 1 aromatic heterocycles. The normalized spacial score (nSPS) is 41.0. The zero-order chi connectivity index (χ0) is 14.9. The van der Waals surface area contributed by atoms with E-state index in [0.29, 0.717) is 5.82 Å². The van der Waals surface area contributed by atoms with E-state index in [-0.39, 0.29) is 45.1 Å². The quantitative estimate of drug-likeness (QED) is 0.525. The molecule has 21 heavy (non-hydrogen) atoms. The number of aromatic nitrogens is 1. The summed E-state index contributed by atoms with van der Waals surface area (Å²) in [5.74, 6) is 0.465. The number of anilines is 1. The number of alkyl halides is 2. The lowest BCUT2D eigenvalue weighted by Gasteiger charge is -2.28. The molecule has 4 rings (SSSR count). The molecule has 1 saturated heterocycles. The first-order valence-corrected chi connectivity index (χ1v) is 8.92. The first-order valence-electron chi connectivity index (χ1n) is 7.09. The van der Waals surface area contributed by atoms with Crippen molar-refractivity contribution in [3.63, 3.8) is 0 Å². The molecule has 1 aliphatic heterocycles. The number of halogens is 2. The summed E-state index contributed by atoms with van der Waals surface area (Å²) in [6.07, 6.45) is 2.60. The van der Waals surface area contributed by atoms with Gasteiger partial charge in [-0.2, -0.15) is 0 Å². The van der Waals surface area contributed by atoms with Crippen molar-refractivity contribution in [3.8, 4) is 0 Å². The summed E-state index contributed by atoms with van der Waals surface area (Å²) in [5.41, 5.74) is 0.998. The Morgan fingerprint density at radius 3 is 2.24 bits per heavy atom. The van der Waals surface area contributed by atoms with Crippen molar-refractivity contribution in [2.24, 2.45) is 23.7 Å². The van der Waals surface area contributed by atoms with Crippen LogP contribution in [0.25, 0.3) is 0 Å². The summed E-state index contributed by atoms with van der Waals surface area (Å²) in [4.78, 5) is 31.6. The van der Waals surface area contributed by atoms with Crippen LogP contribution in [0.5, 0.6) is 0 Å². The van der Waals surface area contributed by atoms with Gasteiger partial charge in [-0.25, -0.2) is 9.88 Å². The second-order valence-corrected chi connectivity index (χ2v) is 8.32. The first kappa shape index (κ1) is 13.9. The van der Waals surface area contributed by atoms with Gasteiger partial charge >= 0.3 is 0 Å². The lowest BCUT2D eigenvalue weighted by atomic mass is 9.81. The summed E-state index contributed by atoms with van der Waals surface area (Å²) < 4.78 is 0. The van der Waals surface area contributed by atoms with Crippen molar-refractivity contribution in [1.82, 2.24) is 4.98 Å².